The number of hydrogen-bond donors (Lipinski definition) is 0. The molecule has 0 amide bonds. The molecule has 0 N–H and O–H groups in total. The van der Waals surface area contributed by atoms with Crippen LogP contribution in [0.5, 0.6) is 0 Å². The highest BCUT2D eigenvalue weighted by Crippen LogP contribution is 2.28. The molecule has 0 fully saturated rings. The lowest BCUT2D eigenvalue weighted by Crippen LogP contribution is -1.98. The molecule has 0 aromatic heterocycles. The molecule has 1 aliphatic carbocycles. The molecule has 0 bridgehead atoms. The third-order valence-electron chi connectivity index (χ3n) is 2.77. The van der Waals surface area contributed by atoms with Gasteiger partial charge in [-0.3, -0.25) is 4.79 Å². The number of halogens is 1. The van der Waals surface area contributed by atoms with Gasteiger partial charge in [-0.05, 0) is 29.5 Å². The molecule has 0 aliphatic heterocycles. The highest BCUT2D eigenvalue weighted by molar-refractivity contribution is 6.00. The quantitative estimate of drug-likeness (QED) is 0.668. The molecule has 0 saturated heterocycles. The van der Waals surface area contributed by atoms with Crippen molar-refractivity contribution in [3.63, 3.8) is 0 Å². The van der Waals surface area contributed by atoms with Gasteiger partial charge in [0.2, 0.25) is 0 Å². The van der Waals surface area contributed by atoms with Crippen LogP contribution in [0.25, 0.3) is 0 Å². The van der Waals surface area contributed by atoms with Crippen molar-refractivity contribution in [2.75, 3.05) is 0 Å². The van der Waals surface area contributed by atoms with Gasteiger partial charge in [0.15, 0.2) is 5.78 Å². The van der Waals surface area contributed by atoms with Crippen LogP contribution in [-0.4, -0.2) is 5.78 Å². The summed E-state index contributed by atoms with van der Waals surface area (Å²) in [5.74, 6) is 0.0132. The number of carbonyl (C=O) groups is 1. The fourth-order valence-electron chi connectivity index (χ4n) is 1.93. The zero-order chi connectivity index (χ0) is 10.3. The number of aryl methyl sites for hydroxylation is 1. The third-order valence-corrected chi connectivity index (χ3v) is 2.77. The number of carbonyl (C=O) groups excluding carboxylic acids is 1. The summed E-state index contributed by atoms with van der Waals surface area (Å²) < 4.78 is 13.5. The molecule has 74 valence electrons. The minimum Gasteiger partial charge on any atom is -0.294 e. The SMILES string of the molecule is CC(C)c1cc2c(cc1F)C(=O)CC2. The molecule has 2 heteroatoms. The molecule has 14 heavy (non-hydrogen) atoms. The lowest BCUT2D eigenvalue weighted by molar-refractivity contribution is 0.0994. The summed E-state index contributed by atoms with van der Waals surface area (Å²) in [7, 11) is 0. The zero-order valence-corrected chi connectivity index (χ0v) is 8.43. The van der Waals surface area contributed by atoms with Gasteiger partial charge in [0.05, 0.1) is 0 Å². The minimum absolute atomic E-state index is 0.0780. The fourth-order valence-corrected chi connectivity index (χ4v) is 1.93. The van der Waals surface area contributed by atoms with E-state index in [1.54, 1.807) is 0 Å². The Hall–Kier alpha value is -1.18. The van der Waals surface area contributed by atoms with Gasteiger partial charge in [0.25, 0.3) is 0 Å². The largest absolute Gasteiger partial charge is 0.294 e. The van der Waals surface area contributed by atoms with Crippen molar-refractivity contribution in [1.29, 1.82) is 0 Å². The molecule has 1 aromatic rings. The second kappa shape index (κ2) is 3.19. The monoisotopic (exact) mass is 192 g/mol. The third kappa shape index (κ3) is 1.35. The van der Waals surface area contributed by atoms with Crippen molar-refractivity contribution in [2.45, 2.75) is 32.6 Å². The maximum absolute atomic E-state index is 13.5. The van der Waals surface area contributed by atoms with Crippen LogP contribution in [0, 0.1) is 5.82 Å². The van der Waals surface area contributed by atoms with Gasteiger partial charge < -0.3 is 0 Å². The van der Waals surface area contributed by atoms with E-state index in [0.29, 0.717) is 12.0 Å². The second-order valence-electron chi connectivity index (χ2n) is 4.11. The second-order valence-corrected chi connectivity index (χ2v) is 4.11. The van der Waals surface area contributed by atoms with Crippen molar-refractivity contribution in [2.24, 2.45) is 0 Å². The Morgan fingerprint density at radius 2 is 2.00 bits per heavy atom. The summed E-state index contributed by atoms with van der Waals surface area (Å²) in [6.07, 6.45) is 1.31. The Morgan fingerprint density at radius 1 is 1.29 bits per heavy atom. The summed E-state index contributed by atoms with van der Waals surface area (Å²) in [4.78, 5) is 11.3. The van der Waals surface area contributed by atoms with Crippen LogP contribution in [-0.2, 0) is 6.42 Å². The van der Waals surface area contributed by atoms with E-state index in [1.165, 1.54) is 6.07 Å². The van der Waals surface area contributed by atoms with Crippen LogP contribution in [0.1, 0.15) is 47.7 Å². The van der Waals surface area contributed by atoms with Crippen LogP contribution in [0.3, 0.4) is 0 Å². The first-order valence-corrected chi connectivity index (χ1v) is 4.95. The maximum atomic E-state index is 13.5. The Labute approximate surface area is 82.9 Å². The molecule has 0 unspecified atom stereocenters. The minimum atomic E-state index is -0.242. The van der Waals surface area contributed by atoms with Crippen LogP contribution in [0.4, 0.5) is 4.39 Å². The van der Waals surface area contributed by atoms with Crippen molar-refractivity contribution in [1.82, 2.24) is 0 Å². The predicted octanol–water partition coefficient (Wildman–Crippen LogP) is 3.08. The normalized spacial score (nSPS) is 15.0. The van der Waals surface area contributed by atoms with Crippen LogP contribution in [0.2, 0.25) is 0 Å². The molecule has 0 saturated carbocycles. The Kier molecular flexibility index (Phi) is 2.14. The van der Waals surface area contributed by atoms with E-state index in [2.05, 4.69) is 0 Å². The van der Waals surface area contributed by atoms with Crippen molar-refractivity contribution >= 4 is 5.78 Å². The van der Waals surface area contributed by atoms with Crippen LogP contribution in [0.15, 0.2) is 12.1 Å². The number of rotatable bonds is 1. The molecule has 0 atom stereocenters. The van der Waals surface area contributed by atoms with E-state index in [4.69, 9.17) is 0 Å². The van der Waals surface area contributed by atoms with Gasteiger partial charge in [-0.15, -0.1) is 0 Å². The summed E-state index contributed by atoms with van der Waals surface area (Å²) in [5.41, 5.74) is 2.32. The number of fused-ring (bicyclic) bond motifs is 1. The number of ketones is 1. The smallest absolute Gasteiger partial charge is 0.163 e. The Balaban J connectivity index is 2.55. The van der Waals surface area contributed by atoms with Crippen molar-refractivity contribution < 1.29 is 9.18 Å². The fraction of sp³-hybridized carbons (Fsp3) is 0.417. The molecule has 0 heterocycles. The highest BCUT2D eigenvalue weighted by atomic mass is 19.1. The predicted molar refractivity (Wildman–Crippen MR) is 53.1 cm³/mol. The molecule has 0 spiro atoms. The van der Waals surface area contributed by atoms with E-state index in [0.717, 1.165) is 17.5 Å². The summed E-state index contributed by atoms with van der Waals surface area (Å²) in [6, 6.07) is 3.25. The summed E-state index contributed by atoms with van der Waals surface area (Å²) in [5, 5.41) is 0. The van der Waals surface area contributed by atoms with Gasteiger partial charge in [0.1, 0.15) is 5.82 Å². The Morgan fingerprint density at radius 3 is 2.64 bits per heavy atom. The molecule has 1 aromatic carbocycles. The van der Waals surface area contributed by atoms with E-state index in [9.17, 15) is 9.18 Å². The van der Waals surface area contributed by atoms with E-state index < -0.39 is 0 Å². The average molecular weight is 192 g/mol. The average Bonchev–Trinajstić information content (AvgIpc) is 2.46. The van der Waals surface area contributed by atoms with Gasteiger partial charge in [0, 0.05) is 12.0 Å². The topological polar surface area (TPSA) is 17.1 Å². The molecule has 0 radical (unpaired) electrons. The van der Waals surface area contributed by atoms with Crippen LogP contribution < -0.4 is 0 Å². The van der Waals surface area contributed by atoms with E-state index in [1.807, 2.05) is 19.9 Å². The molecule has 2 rings (SSSR count). The lowest BCUT2D eigenvalue weighted by Gasteiger charge is -2.09. The standard InChI is InChI=1S/C12H13FO/c1-7(2)9-5-8-3-4-12(14)10(8)6-11(9)13/h5-7H,3-4H2,1-2H3. The first-order chi connectivity index (χ1) is 6.59. The summed E-state index contributed by atoms with van der Waals surface area (Å²) >= 11 is 0. The highest BCUT2D eigenvalue weighted by Gasteiger charge is 2.22. The number of Topliss-reactive ketones (excluding diaryl/α,β-unsaturated/α-hetero) is 1. The van der Waals surface area contributed by atoms with Gasteiger partial charge in [-0.25, -0.2) is 4.39 Å². The Bertz CT molecular complexity index is 394. The molecular weight excluding hydrogens is 179 g/mol. The first kappa shape index (κ1) is 9.38. The number of hydrogen-bond acceptors (Lipinski definition) is 1. The van der Waals surface area contributed by atoms with E-state index in [-0.39, 0.29) is 17.5 Å². The van der Waals surface area contributed by atoms with Crippen molar-refractivity contribution in [3.8, 4) is 0 Å². The van der Waals surface area contributed by atoms with Gasteiger partial charge in [-0.2, -0.15) is 0 Å². The van der Waals surface area contributed by atoms with Crippen LogP contribution >= 0.6 is 0 Å². The van der Waals surface area contributed by atoms with Gasteiger partial charge in [-0.1, -0.05) is 19.9 Å². The zero-order valence-electron chi connectivity index (χ0n) is 8.43. The molecule has 1 aliphatic rings. The lowest BCUT2D eigenvalue weighted by atomic mass is 9.98. The first-order valence-electron chi connectivity index (χ1n) is 4.95. The maximum Gasteiger partial charge on any atom is 0.163 e. The van der Waals surface area contributed by atoms with E-state index >= 15 is 0 Å². The van der Waals surface area contributed by atoms with Crippen molar-refractivity contribution in [3.05, 3.63) is 34.6 Å². The summed E-state index contributed by atoms with van der Waals surface area (Å²) in [6.45, 7) is 3.92. The number of benzene rings is 1. The molecular formula is C12H13FO. The van der Waals surface area contributed by atoms with Gasteiger partial charge >= 0.3 is 0 Å². The molecule has 1 nitrogen and oxygen atoms in total.